The van der Waals surface area contributed by atoms with Crippen molar-refractivity contribution in [3.63, 3.8) is 0 Å². The zero-order valence-electron chi connectivity index (χ0n) is 14.2. The largest absolute Gasteiger partial charge is 0.497 e. The van der Waals surface area contributed by atoms with E-state index in [0.717, 1.165) is 5.56 Å². The molecule has 4 rings (SSSR count). The first-order chi connectivity index (χ1) is 13.0. The molecule has 3 aromatic rings. The lowest BCUT2D eigenvalue weighted by molar-refractivity contribution is 0.174. The van der Waals surface area contributed by atoms with Crippen molar-refractivity contribution in [3.05, 3.63) is 48.4 Å². The Balaban J connectivity index is 1.46. The van der Waals surface area contributed by atoms with Crippen LogP contribution in [0.1, 0.15) is 5.89 Å². The van der Waals surface area contributed by atoms with Crippen molar-refractivity contribution in [2.75, 3.05) is 13.9 Å². The maximum Gasteiger partial charge on any atom is 0.242 e. The van der Waals surface area contributed by atoms with Crippen LogP contribution in [0.15, 0.2) is 51.9 Å². The molecule has 140 valence electrons. The molecule has 9 nitrogen and oxygen atoms in total. The molecule has 0 unspecified atom stereocenters. The third kappa shape index (κ3) is 3.57. The van der Waals surface area contributed by atoms with Gasteiger partial charge in [-0.15, -0.1) is 0 Å². The molecule has 1 aromatic heterocycles. The summed E-state index contributed by atoms with van der Waals surface area (Å²) < 4.78 is 47.9. The fourth-order valence-electron chi connectivity index (χ4n) is 2.47. The lowest BCUT2D eigenvalue weighted by Crippen LogP contribution is -2.23. The molecular formula is C17H15N3O6S. The number of nitrogens with zero attached hydrogens (tertiary/aromatic N) is 2. The van der Waals surface area contributed by atoms with Crippen LogP contribution in [0.25, 0.3) is 11.4 Å². The average Bonchev–Trinajstić information content (AvgIpc) is 3.35. The van der Waals surface area contributed by atoms with Crippen LogP contribution in [-0.2, 0) is 16.6 Å². The van der Waals surface area contributed by atoms with Crippen molar-refractivity contribution >= 4 is 10.0 Å². The summed E-state index contributed by atoms with van der Waals surface area (Å²) >= 11 is 0. The standard InChI is InChI=1S/C17H15N3O6S/c1-23-12-4-2-11(3-5-12)17-19-16(26-20-17)9-18-27(21,22)13-6-7-14-15(8-13)25-10-24-14/h2-8,18H,9-10H2,1H3. The molecule has 0 radical (unpaired) electrons. The Hall–Kier alpha value is -3.11. The molecule has 0 spiro atoms. The molecule has 27 heavy (non-hydrogen) atoms. The Labute approximate surface area is 154 Å². The molecule has 0 amide bonds. The van der Waals surface area contributed by atoms with Crippen LogP contribution in [0.5, 0.6) is 17.2 Å². The minimum absolute atomic E-state index is 0.0571. The van der Waals surface area contributed by atoms with Gasteiger partial charge < -0.3 is 18.7 Å². The topological polar surface area (TPSA) is 113 Å². The first-order valence-corrected chi connectivity index (χ1v) is 9.40. The van der Waals surface area contributed by atoms with Crippen molar-refractivity contribution in [2.45, 2.75) is 11.4 Å². The van der Waals surface area contributed by atoms with Crippen LogP contribution in [-0.4, -0.2) is 32.5 Å². The van der Waals surface area contributed by atoms with Crippen molar-refractivity contribution in [1.29, 1.82) is 0 Å². The zero-order chi connectivity index (χ0) is 18.9. The first kappa shape index (κ1) is 17.3. The second kappa shape index (κ2) is 6.89. The van der Waals surface area contributed by atoms with Gasteiger partial charge in [0.2, 0.25) is 28.5 Å². The van der Waals surface area contributed by atoms with Crippen LogP contribution in [0.3, 0.4) is 0 Å². The SMILES string of the molecule is COc1ccc(-c2noc(CNS(=O)(=O)c3ccc4c(c3)OCO4)n2)cc1. The van der Waals surface area contributed by atoms with Crippen LogP contribution in [0.2, 0.25) is 0 Å². The van der Waals surface area contributed by atoms with E-state index in [4.69, 9.17) is 18.7 Å². The zero-order valence-corrected chi connectivity index (χ0v) is 15.0. The van der Waals surface area contributed by atoms with E-state index in [1.807, 2.05) is 0 Å². The first-order valence-electron chi connectivity index (χ1n) is 7.91. The Bertz CT molecular complexity index is 1060. The third-order valence-corrected chi connectivity index (χ3v) is 5.28. The predicted molar refractivity (Wildman–Crippen MR) is 92.9 cm³/mol. The molecule has 0 saturated carbocycles. The van der Waals surface area contributed by atoms with E-state index in [9.17, 15) is 8.42 Å². The number of ether oxygens (including phenoxy) is 3. The van der Waals surface area contributed by atoms with Gasteiger partial charge in [-0.2, -0.15) is 4.98 Å². The highest BCUT2D eigenvalue weighted by Gasteiger charge is 2.21. The Morgan fingerprint density at radius 1 is 1.11 bits per heavy atom. The summed E-state index contributed by atoms with van der Waals surface area (Å²) in [4.78, 5) is 4.26. The molecule has 0 bridgehead atoms. The quantitative estimate of drug-likeness (QED) is 0.681. The van der Waals surface area contributed by atoms with Gasteiger partial charge >= 0.3 is 0 Å². The molecule has 0 fully saturated rings. The molecule has 0 saturated heterocycles. The van der Waals surface area contributed by atoms with E-state index in [2.05, 4.69) is 14.9 Å². The lowest BCUT2D eigenvalue weighted by Gasteiger charge is -2.05. The number of hydrogen-bond donors (Lipinski definition) is 1. The number of fused-ring (bicyclic) bond motifs is 1. The minimum Gasteiger partial charge on any atom is -0.497 e. The van der Waals surface area contributed by atoms with Crippen LogP contribution >= 0.6 is 0 Å². The van der Waals surface area contributed by atoms with E-state index in [1.165, 1.54) is 12.1 Å². The highest BCUT2D eigenvalue weighted by atomic mass is 32.2. The van der Waals surface area contributed by atoms with Crippen molar-refractivity contribution < 1.29 is 27.2 Å². The van der Waals surface area contributed by atoms with Gasteiger partial charge in [0.1, 0.15) is 5.75 Å². The Kier molecular flexibility index (Phi) is 4.42. The number of sulfonamides is 1. The van der Waals surface area contributed by atoms with E-state index in [0.29, 0.717) is 23.1 Å². The van der Waals surface area contributed by atoms with Crippen LogP contribution < -0.4 is 18.9 Å². The molecule has 1 aliphatic heterocycles. The Morgan fingerprint density at radius 3 is 2.67 bits per heavy atom. The summed E-state index contributed by atoms with van der Waals surface area (Å²) in [7, 11) is -2.20. The van der Waals surface area contributed by atoms with Crippen LogP contribution in [0.4, 0.5) is 0 Å². The number of benzene rings is 2. The van der Waals surface area contributed by atoms with E-state index < -0.39 is 10.0 Å². The fraction of sp³-hybridized carbons (Fsp3) is 0.176. The van der Waals surface area contributed by atoms with Gasteiger partial charge in [0.25, 0.3) is 0 Å². The number of nitrogens with one attached hydrogen (secondary N) is 1. The van der Waals surface area contributed by atoms with E-state index in [-0.39, 0.29) is 24.1 Å². The van der Waals surface area contributed by atoms with E-state index >= 15 is 0 Å². The summed E-state index contributed by atoms with van der Waals surface area (Å²) in [6.07, 6.45) is 0. The molecule has 0 atom stereocenters. The summed E-state index contributed by atoms with van der Waals surface area (Å²) in [6.45, 7) is -0.0671. The van der Waals surface area contributed by atoms with Gasteiger partial charge in [0.05, 0.1) is 18.6 Å². The van der Waals surface area contributed by atoms with Gasteiger partial charge in [-0.25, -0.2) is 13.1 Å². The van der Waals surface area contributed by atoms with Crippen LogP contribution in [0, 0.1) is 0 Å². The van der Waals surface area contributed by atoms with Gasteiger partial charge in [-0.3, -0.25) is 0 Å². The smallest absolute Gasteiger partial charge is 0.242 e. The number of methoxy groups -OCH3 is 1. The number of aromatic nitrogens is 2. The summed E-state index contributed by atoms with van der Waals surface area (Å²) in [5.41, 5.74) is 0.726. The van der Waals surface area contributed by atoms with Crippen molar-refractivity contribution in [1.82, 2.24) is 14.9 Å². The molecule has 2 heterocycles. The van der Waals surface area contributed by atoms with Gasteiger partial charge in [-0.1, -0.05) is 5.16 Å². The summed E-state index contributed by atoms with van der Waals surface area (Å²) in [6, 6.07) is 11.5. The fourth-order valence-corrected chi connectivity index (χ4v) is 3.46. The number of hydrogen-bond acceptors (Lipinski definition) is 8. The molecule has 2 aromatic carbocycles. The number of rotatable bonds is 6. The van der Waals surface area contributed by atoms with Gasteiger partial charge in [0, 0.05) is 11.6 Å². The molecule has 1 N–H and O–H groups in total. The highest BCUT2D eigenvalue weighted by Crippen LogP contribution is 2.33. The third-order valence-electron chi connectivity index (χ3n) is 3.88. The second-order valence-electron chi connectivity index (χ2n) is 5.58. The molecular weight excluding hydrogens is 374 g/mol. The Morgan fingerprint density at radius 2 is 1.89 bits per heavy atom. The van der Waals surface area contributed by atoms with Crippen molar-refractivity contribution in [3.8, 4) is 28.6 Å². The molecule has 10 heteroatoms. The predicted octanol–water partition coefficient (Wildman–Crippen LogP) is 1.95. The maximum absolute atomic E-state index is 12.4. The van der Waals surface area contributed by atoms with Gasteiger partial charge in [0.15, 0.2) is 11.5 Å². The minimum atomic E-state index is -3.77. The summed E-state index contributed by atoms with van der Waals surface area (Å²) in [5, 5.41) is 3.86. The average molecular weight is 389 g/mol. The second-order valence-corrected chi connectivity index (χ2v) is 7.35. The lowest BCUT2D eigenvalue weighted by atomic mass is 10.2. The molecule has 0 aliphatic carbocycles. The summed E-state index contributed by atoms with van der Waals surface area (Å²) in [5.74, 6) is 2.10. The maximum atomic E-state index is 12.4. The monoisotopic (exact) mass is 389 g/mol. The molecule has 1 aliphatic rings. The van der Waals surface area contributed by atoms with Gasteiger partial charge in [-0.05, 0) is 36.4 Å². The van der Waals surface area contributed by atoms with Crippen molar-refractivity contribution in [2.24, 2.45) is 0 Å². The highest BCUT2D eigenvalue weighted by molar-refractivity contribution is 7.89. The van der Waals surface area contributed by atoms with E-state index in [1.54, 1.807) is 37.4 Å². The normalized spacial score (nSPS) is 12.9.